The van der Waals surface area contributed by atoms with Crippen LogP contribution in [0.1, 0.15) is 16.9 Å². The smallest absolute Gasteiger partial charge is 0.108 e. The molecule has 1 heteroatoms. The van der Waals surface area contributed by atoms with Crippen LogP contribution in [0.3, 0.4) is 0 Å². The van der Waals surface area contributed by atoms with Crippen LogP contribution in [0.4, 0.5) is 0 Å². The summed E-state index contributed by atoms with van der Waals surface area (Å²) in [6.45, 7) is 2.10. The summed E-state index contributed by atoms with van der Waals surface area (Å²) in [5.41, 5.74) is 4.90. The zero-order valence-electron chi connectivity index (χ0n) is 11.0. The molecule has 0 fully saturated rings. The van der Waals surface area contributed by atoms with Crippen molar-refractivity contribution in [1.82, 2.24) is 0 Å². The van der Waals surface area contributed by atoms with Gasteiger partial charge in [-0.2, -0.15) is 0 Å². The van der Waals surface area contributed by atoms with Crippen molar-refractivity contribution in [2.24, 2.45) is 0 Å². The standard InChI is InChI=1S/C18H16O/c1-14-7-9-15(10-8-14)11-18-12-17(13-19-18)16-5-3-2-4-6-16/h2-10,12-13H,11H2,1H3. The Morgan fingerprint density at radius 1 is 0.842 bits per heavy atom. The Bertz CT molecular complexity index is 648. The fourth-order valence-corrected chi connectivity index (χ4v) is 2.16. The van der Waals surface area contributed by atoms with Gasteiger partial charge in [-0.15, -0.1) is 0 Å². The van der Waals surface area contributed by atoms with E-state index >= 15 is 0 Å². The van der Waals surface area contributed by atoms with Crippen LogP contribution < -0.4 is 0 Å². The lowest BCUT2D eigenvalue weighted by Gasteiger charge is -1.98. The first-order valence-electron chi connectivity index (χ1n) is 6.50. The zero-order chi connectivity index (χ0) is 13.1. The minimum Gasteiger partial charge on any atom is -0.468 e. The van der Waals surface area contributed by atoms with E-state index < -0.39 is 0 Å². The molecule has 0 spiro atoms. The average Bonchev–Trinajstić information content (AvgIpc) is 2.91. The molecule has 0 aliphatic rings. The molecule has 0 N–H and O–H groups in total. The highest BCUT2D eigenvalue weighted by atomic mass is 16.3. The van der Waals surface area contributed by atoms with Crippen LogP contribution in [0.15, 0.2) is 71.3 Å². The maximum Gasteiger partial charge on any atom is 0.108 e. The number of rotatable bonds is 3. The van der Waals surface area contributed by atoms with E-state index in [1.165, 1.54) is 16.7 Å². The largest absolute Gasteiger partial charge is 0.468 e. The van der Waals surface area contributed by atoms with Crippen LogP contribution in [0, 0.1) is 6.92 Å². The van der Waals surface area contributed by atoms with Crippen LogP contribution >= 0.6 is 0 Å². The monoisotopic (exact) mass is 248 g/mol. The summed E-state index contributed by atoms with van der Waals surface area (Å²) in [6.07, 6.45) is 2.67. The molecule has 2 aromatic carbocycles. The molecular formula is C18H16O. The Labute approximate surface area is 113 Å². The van der Waals surface area contributed by atoms with Gasteiger partial charge in [0.25, 0.3) is 0 Å². The molecule has 94 valence electrons. The van der Waals surface area contributed by atoms with Crippen molar-refractivity contribution < 1.29 is 4.42 Å². The Morgan fingerprint density at radius 2 is 1.58 bits per heavy atom. The second-order valence-corrected chi connectivity index (χ2v) is 4.83. The normalized spacial score (nSPS) is 10.6. The quantitative estimate of drug-likeness (QED) is 0.646. The van der Waals surface area contributed by atoms with Crippen molar-refractivity contribution in [1.29, 1.82) is 0 Å². The lowest BCUT2D eigenvalue weighted by Crippen LogP contribution is -1.85. The molecule has 0 amide bonds. The topological polar surface area (TPSA) is 13.1 Å². The summed E-state index contributed by atoms with van der Waals surface area (Å²) in [5, 5.41) is 0. The van der Waals surface area contributed by atoms with E-state index in [2.05, 4.69) is 49.4 Å². The summed E-state index contributed by atoms with van der Waals surface area (Å²) in [7, 11) is 0. The maximum atomic E-state index is 5.65. The van der Waals surface area contributed by atoms with Gasteiger partial charge in [-0.05, 0) is 24.1 Å². The van der Waals surface area contributed by atoms with E-state index in [1.807, 2.05) is 24.5 Å². The van der Waals surface area contributed by atoms with Gasteiger partial charge in [0.1, 0.15) is 5.76 Å². The molecule has 1 aromatic heterocycles. The molecule has 0 aliphatic heterocycles. The van der Waals surface area contributed by atoms with Crippen LogP contribution in [0.2, 0.25) is 0 Å². The predicted molar refractivity (Wildman–Crippen MR) is 78.1 cm³/mol. The summed E-state index contributed by atoms with van der Waals surface area (Å²) in [5.74, 6) is 1.00. The van der Waals surface area contributed by atoms with Gasteiger partial charge in [0.2, 0.25) is 0 Å². The van der Waals surface area contributed by atoms with Crippen molar-refractivity contribution in [2.75, 3.05) is 0 Å². The zero-order valence-corrected chi connectivity index (χ0v) is 11.0. The van der Waals surface area contributed by atoms with E-state index in [0.29, 0.717) is 0 Å². The first-order valence-corrected chi connectivity index (χ1v) is 6.50. The number of furan rings is 1. The number of hydrogen-bond acceptors (Lipinski definition) is 1. The molecule has 0 saturated carbocycles. The van der Waals surface area contributed by atoms with Crippen molar-refractivity contribution >= 4 is 0 Å². The Hall–Kier alpha value is -2.28. The highest BCUT2D eigenvalue weighted by Crippen LogP contribution is 2.23. The summed E-state index contributed by atoms with van der Waals surface area (Å²) in [6, 6.07) is 21.0. The van der Waals surface area contributed by atoms with Crippen LogP contribution in [-0.2, 0) is 6.42 Å². The first-order chi connectivity index (χ1) is 9.31. The third-order valence-corrected chi connectivity index (χ3v) is 3.26. The lowest BCUT2D eigenvalue weighted by atomic mass is 10.1. The molecule has 0 unspecified atom stereocenters. The Balaban J connectivity index is 1.80. The summed E-state index contributed by atoms with van der Waals surface area (Å²) in [4.78, 5) is 0. The molecule has 1 heterocycles. The molecule has 0 bridgehead atoms. The van der Waals surface area contributed by atoms with Gasteiger partial charge in [-0.25, -0.2) is 0 Å². The first kappa shape index (κ1) is 11.8. The van der Waals surface area contributed by atoms with Gasteiger partial charge in [-0.3, -0.25) is 0 Å². The lowest BCUT2D eigenvalue weighted by molar-refractivity contribution is 0.521. The van der Waals surface area contributed by atoms with Crippen LogP contribution in [0.25, 0.3) is 11.1 Å². The van der Waals surface area contributed by atoms with E-state index in [0.717, 1.165) is 17.7 Å². The highest BCUT2D eigenvalue weighted by Gasteiger charge is 2.04. The molecule has 3 rings (SSSR count). The minimum atomic E-state index is 0.840. The Kier molecular flexibility index (Phi) is 3.20. The van der Waals surface area contributed by atoms with Gasteiger partial charge >= 0.3 is 0 Å². The van der Waals surface area contributed by atoms with Crippen LogP contribution in [0.5, 0.6) is 0 Å². The van der Waals surface area contributed by atoms with Gasteiger partial charge in [-0.1, -0.05) is 60.2 Å². The van der Waals surface area contributed by atoms with Gasteiger partial charge in [0, 0.05) is 12.0 Å². The van der Waals surface area contributed by atoms with E-state index in [-0.39, 0.29) is 0 Å². The second-order valence-electron chi connectivity index (χ2n) is 4.83. The van der Waals surface area contributed by atoms with E-state index in [1.54, 1.807) is 0 Å². The van der Waals surface area contributed by atoms with Gasteiger partial charge in [0.05, 0.1) is 6.26 Å². The maximum absolute atomic E-state index is 5.65. The molecule has 3 aromatic rings. The van der Waals surface area contributed by atoms with Crippen molar-refractivity contribution in [3.8, 4) is 11.1 Å². The predicted octanol–water partition coefficient (Wildman–Crippen LogP) is 4.85. The molecule has 0 aliphatic carbocycles. The van der Waals surface area contributed by atoms with Crippen LogP contribution in [-0.4, -0.2) is 0 Å². The molecule has 0 atom stereocenters. The molecule has 0 radical (unpaired) electrons. The third kappa shape index (κ3) is 2.76. The molecule has 19 heavy (non-hydrogen) atoms. The molecule has 0 saturated heterocycles. The van der Waals surface area contributed by atoms with Crippen molar-refractivity contribution in [3.63, 3.8) is 0 Å². The summed E-state index contributed by atoms with van der Waals surface area (Å²) >= 11 is 0. The van der Waals surface area contributed by atoms with Crippen molar-refractivity contribution in [3.05, 3.63) is 83.8 Å². The third-order valence-electron chi connectivity index (χ3n) is 3.26. The highest BCUT2D eigenvalue weighted by molar-refractivity contribution is 5.62. The van der Waals surface area contributed by atoms with Gasteiger partial charge < -0.3 is 4.42 Å². The molecule has 1 nitrogen and oxygen atoms in total. The minimum absolute atomic E-state index is 0.840. The van der Waals surface area contributed by atoms with E-state index in [4.69, 9.17) is 4.42 Å². The van der Waals surface area contributed by atoms with E-state index in [9.17, 15) is 0 Å². The number of aryl methyl sites for hydroxylation is 1. The van der Waals surface area contributed by atoms with Crippen molar-refractivity contribution in [2.45, 2.75) is 13.3 Å². The number of hydrogen-bond donors (Lipinski definition) is 0. The molecular weight excluding hydrogens is 232 g/mol. The Morgan fingerprint density at radius 3 is 2.32 bits per heavy atom. The SMILES string of the molecule is Cc1ccc(Cc2cc(-c3ccccc3)co2)cc1. The number of benzene rings is 2. The average molecular weight is 248 g/mol. The fraction of sp³-hybridized carbons (Fsp3) is 0.111. The van der Waals surface area contributed by atoms with Gasteiger partial charge in [0.15, 0.2) is 0 Å². The fourth-order valence-electron chi connectivity index (χ4n) is 2.16. The second kappa shape index (κ2) is 5.15. The summed E-state index contributed by atoms with van der Waals surface area (Å²) < 4.78 is 5.65.